The van der Waals surface area contributed by atoms with Crippen LogP contribution in [0.2, 0.25) is 0 Å². The van der Waals surface area contributed by atoms with Crippen LogP contribution in [-0.2, 0) is 11.3 Å². The molecule has 0 spiro atoms. The Bertz CT molecular complexity index is 637. The molecule has 29 heavy (non-hydrogen) atoms. The summed E-state index contributed by atoms with van der Waals surface area (Å²) in [7, 11) is 3.58. The third kappa shape index (κ3) is 7.69. The first-order valence-electron chi connectivity index (χ1n) is 10.9. The maximum atomic E-state index is 12.1. The van der Waals surface area contributed by atoms with Gasteiger partial charge in [0.15, 0.2) is 5.96 Å². The van der Waals surface area contributed by atoms with E-state index in [0.29, 0.717) is 17.5 Å². The molecule has 0 saturated heterocycles. The number of rotatable bonds is 11. The summed E-state index contributed by atoms with van der Waals surface area (Å²) in [5, 5.41) is 9.84. The molecular weight excluding hydrogens is 364 g/mol. The summed E-state index contributed by atoms with van der Waals surface area (Å²) in [4.78, 5) is 16.5. The molecule has 1 aliphatic rings. The summed E-state index contributed by atoms with van der Waals surface area (Å²) in [5.41, 5.74) is 2.14. The molecule has 0 unspecified atom stereocenters. The van der Waals surface area contributed by atoms with Crippen molar-refractivity contribution in [1.82, 2.24) is 16.0 Å². The monoisotopic (exact) mass is 402 g/mol. The van der Waals surface area contributed by atoms with E-state index >= 15 is 0 Å². The first-order chi connectivity index (χ1) is 14.1. The number of nitrogens with zero attached hydrogens (tertiary/aromatic N) is 1. The lowest BCUT2D eigenvalue weighted by molar-refractivity contribution is 0.0953. The highest BCUT2D eigenvalue weighted by Gasteiger charge is 2.33. The van der Waals surface area contributed by atoms with E-state index < -0.39 is 0 Å². The van der Waals surface area contributed by atoms with E-state index in [1.165, 1.54) is 25.7 Å². The second-order valence-electron chi connectivity index (χ2n) is 8.04. The van der Waals surface area contributed by atoms with Crippen molar-refractivity contribution in [3.8, 4) is 0 Å². The molecule has 0 bridgehead atoms. The van der Waals surface area contributed by atoms with E-state index in [9.17, 15) is 4.79 Å². The van der Waals surface area contributed by atoms with Gasteiger partial charge in [-0.25, -0.2) is 0 Å². The predicted octanol–water partition coefficient (Wildman–Crippen LogP) is 3.48. The van der Waals surface area contributed by atoms with Crippen molar-refractivity contribution >= 4 is 11.9 Å². The van der Waals surface area contributed by atoms with E-state index in [4.69, 9.17) is 4.74 Å². The van der Waals surface area contributed by atoms with E-state index in [2.05, 4.69) is 27.9 Å². The number of unbranched alkanes of at least 4 members (excludes halogenated alkanes) is 1. The highest BCUT2D eigenvalue weighted by atomic mass is 16.5. The number of amides is 1. The smallest absolute Gasteiger partial charge is 0.251 e. The predicted molar refractivity (Wildman–Crippen MR) is 119 cm³/mol. The standard InChI is InChI=1S/C23H38N4O2/c1-4-5-15-25-21(28)20-10-8-19(9-11-20)17-26-22(24-2)27-18-23(14-16-29-3)12-6-7-13-23/h8-11H,4-7,12-18H2,1-3H3,(H,25,28)(H2,24,26,27). The Morgan fingerprint density at radius 1 is 1.14 bits per heavy atom. The third-order valence-corrected chi connectivity index (χ3v) is 5.85. The lowest BCUT2D eigenvalue weighted by Crippen LogP contribution is -2.43. The van der Waals surface area contributed by atoms with Crippen LogP contribution in [0.15, 0.2) is 29.3 Å². The number of ether oxygens (including phenoxy) is 1. The van der Waals surface area contributed by atoms with Gasteiger partial charge in [-0.2, -0.15) is 0 Å². The number of guanidine groups is 1. The second-order valence-corrected chi connectivity index (χ2v) is 8.04. The molecule has 6 nitrogen and oxygen atoms in total. The largest absolute Gasteiger partial charge is 0.385 e. The molecule has 1 amide bonds. The number of aliphatic imine (C=N–C) groups is 1. The summed E-state index contributed by atoms with van der Waals surface area (Å²) in [5.74, 6) is 0.809. The minimum atomic E-state index is -0.00615. The van der Waals surface area contributed by atoms with Gasteiger partial charge in [-0.05, 0) is 48.8 Å². The molecule has 1 aromatic rings. The number of hydrogen-bond acceptors (Lipinski definition) is 3. The zero-order chi connectivity index (χ0) is 21.0. The molecule has 6 heteroatoms. The SMILES string of the molecule is CCCCNC(=O)c1ccc(CNC(=NC)NCC2(CCOC)CCCC2)cc1. The van der Waals surface area contributed by atoms with Gasteiger partial charge in [0.2, 0.25) is 0 Å². The van der Waals surface area contributed by atoms with Crippen molar-refractivity contribution in [1.29, 1.82) is 0 Å². The first kappa shape index (κ1) is 23.2. The lowest BCUT2D eigenvalue weighted by Gasteiger charge is -2.30. The average Bonchev–Trinajstić information content (AvgIpc) is 3.22. The minimum Gasteiger partial charge on any atom is -0.385 e. The Labute approximate surface area is 175 Å². The van der Waals surface area contributed by atoms with Gasteiger partial charge >= 0.3 is 0 Å². The van der Waals surface area contributed by atoms with Gasteiger partial charge in [0.25, 0.3) is 5.91 Å². The van der Waals surface area contributed by atoms with Crippen molar-refractivity contribution in [2.24, 2.45) is 10.4 Å². The van der Waals surface area contributed by atoms with Crippen molar-refractivity contribution in [2.45, 2.75) is 58.4 Å². The zero-order valence-corrected chi connectivity index (χ0v) is 18.4. The Morgan fingerprint density at radius 3 is 2.48 bits per heavy atom. The van der Waals surface area contributed by atoms with E-state index in [1.54, 1.807) is 14.2 Å². The van der Waals surface area contributed by atoms with Crippen LogP contribution in [-0.4, -0.2) is 45.7 Å². The van der Waals surface area contributed by atoms with Crippen LogP contribution in [0.5, 0.6) is 0 Å². The number of nitrogens with one attached hydrogen (secondary N) is 3. The summed E-state index contributed by atoms with van der Waals surface area (Å²) in [6.07, 6.45) is 8.28. The minimum absolute atomic E-state index is 0.00615. The van der Waals surface area contributed by atoms with Crippen molar-refractivity contribution in [2.75, 3.05) is 33.9 Å². The molecule has 0 aromatic heterocycles. The van der Waals surface area contributed by atoms with Gasteiger partial charge < -0.3 is 20.7 Å². The summed E-state index contributed by atoms with van der Waals surface area (Å²) in [6, 6.07) is 7.75. The van der Waals surface area contributed by atoms with Crippen LogP contribution in [0.4, 0.5) is 0 Å². The van der Waals surface area contributed by atoms with Crippen molar-refractivity contribution in [3.05, 3.63) is 35.4 Å². The maximum absolute atomic E-state index is 12.1. The fourth-order valence-corrected chi connectivity index (χ4v) is 3.89. The topological polar surface area (TPSA) is 74.8 Å². The van der Waals surface area contributed by atoms with Gasteiger partial charge in [-0.3, -0.25) is 9.79 Å². The van der Waals surface area contributed by atoms with Crippen LogP contribution >= 0.6 is 0 Å². The normalized spacial score (nSPS) is 15.9. The average molecular weight is 403 g/mol. The van der Waals surface area contributed by atoms with E-state index in [-0.39, 0.29) is 5.91 Å². The number of methoxy groups -OCH3 is 1. The molecule has 1 aromatic carbocycles. The van der Waals surface area contributed by atoms with E-state index in [1.807, 2.05) is 24.3 Å². The summed E-state index contributed by atoms with van der Waals surface area (Å²) in [6.45, 7) is 5.25. The molecule has 3 N–H and O–H groups in total. The molecule has 1 saturated carbocycles. The molecule has 162 valence electrons. The molecule has 1 fully saturated rings. The number of carbonyl (C=O) groups excluding carboxylic acids is 1. The zero-order valence-electron chi connectivity index (χ0n) is 18.4. The number of hydrogen-bond donors (Lipinski definition) is 3. The fourth-order valence-electron chi connectivity index (χ4n) is 3.89. The fraction of sp³-hybridized carbons (Fsp3) is 0.652. The summed E-state index contributed by atoms with van der Waals surface area (Å²) >= 11 is 0. The molecule has 2 rings (SSSR count). The highest BCUT2D eigenvalue weighted by Crippen LogP contribution is 2.40. The van der Waals surface area contributed by atoms with Crippen LogP contribution in [0, 0.1) is 5.41 Å². The van der Waals surface area contributed by atoms with Crippen molar-refractivity contribution < 1.29 is 9.53 Å². The highest BCUT2D eigenvalue weighted by molar-refractivity contribution is 5.94. The number of carbonyl (C=O) groups is 1. The lowest BCUT2D eigenvalue weighted by atomic mass is 9.83. The van der Waals surface area contributed by atoms with Gasteiger partial charge in [0.1, 0.15) is 0 Å². The molecular formula is C23H38N4O2. The molecule has 1 aliphatic carbocycles. The van der Waals surface area contributed by atoms with Gasteiger partial charge in [0.05, 0.1) is 0 Å². The summed E-state index contributed by atoms with van der Waals surface area (Å²) < 4.78 is 5.32. The van der Waals surface area contributed by atoms with Crippen LogP contribution in [0.1, 0.15) is 67.8 Å². The Balaban J connectivity index is 1.80. The number of benzene rings is 1. The van der Waals surface area contributed by atoms with Crippen molar-refractivity contribution in [3.63, 3.8) is 0 Å². The Kier molecular flexibility index (Phi) is 9.98. The quantitative estimate of drug-likeness (QED) is 0.301. The van der Waals surface area contributed by atoms with Gasteiger partial charge in [0, 0.05) is 46.0 Å². The Morgan fingerprint density at radius 2 is 1.86 bits per heavy atom. The Hall–Kier alpha value is -2.08. The van der Waals surface area contributed by atoms with E-state index in [0.717, 1.165) is 50.5 Å². The third-order valence-electron chi connectivity index (χ3n) is 5.85. The molecule has 0 radical (unpaired) electrons. The van der Waals surface area contributed by atoms with Gasteiger partial charge in [-0.15, -0.1) is 0 Å². The molecule has 0 atom stereocenters. The molecule has 0 aliphatic heterocycles. The maximum Gasteiger partial charge on any atom is 0.251 e. The molecule has 0 heterocycles. The first-order valence-corrected chi connectivity index (χ1v) is 10.9. The van der Waals surface area contributed by atoms with Gasteiger partial charge in [-0.1, -0.05) is 38.3 Å². The van der Waals surface area contributed by atoms with Crippen LogP contribution < -0.4 is 16.0 Å². The van der Waals surface area contributed by atoms with Crippen LogP contribution in [0.3, 0.4) is 0 Å². The second kappa shape index (κ2) is 12.5. The van der Waals surface area contributed by atoms with Crippen LogP contribution in [0.25, 0.3) is 0 Å².